The Hall–Kier alpha value is -1.88. The number of ether oxygens (including phenoxy) is 2. The van der Waals surface area contributed by atoms with Crippen molar-refractivity contribution in [2.45, 2.75) is 38.7 Å². The minimum Gasteiger partial charge on any atom is -0.497 e. The van der Waals surface area contributed by atoms with Crippen LogP contribution in [0.25, 0.3) is 10.6 Å². The number of fused-ring (bicyclic) bond motifs is 2. The molecule has 0 N–H and O–H groups in total. The van der Waals surface area contributed by atoms with E-state index in [-0.39, 0.29) is 12.6 Å². The van der Waals surface area contributed by atoms with Crippen LogP contribution in [-0.2, 0) is 16.1 Å². The molecule has 1 aromatic carbocycles. The van der Waals surface area contributed by atoms with Crippen molar-refractivity contribution >= 4 is 17.3 Å². The average Bonchev–Trinajstić information content (AvgIpc) is 3.37. The van der Waals surface area contributed by atoms with Gasteiger partial charge in [-0.05, 0) is 61.3 Å². The summed E-state index contributed by atoms with van der Waals surface area (Å²) < 4.78 is 10.6. The number of rotatable bonds is 6. The van der Waals surface area contributed by atoms with Crippen LogP contribution in [-0.4, -0.2) is 18.1 Å². The van der Waals surface area contributed by atoms with Crippen molar-refractivity contribution in [3.05, 3.63) is 35.3 Å². The number of benzene rings is 1. The summed E-state index contributed by atoms with van der Waals surface area (Å²) in [6.07, 6.45) is 5.80. The summed E-state index contributed by atoms with van der Waals surface area (Å²) in [4.78, 5) is 16.7. The van der Waals surface area contributed by atoms with Crippen LogP contribution in [0.1, 0.15) is 37.8 Å². The SMILES string of the molecule is COc1ccc(-c2nc(COC(=O)C[C@H]3C[C@@H]4CC[C@@H]3C4)cs2)cc1. The van der Waals surface area contributed by atoms with Crippen LogP contribution in [0, 0.1) is 17.8 Å². The van der Waals surface area contributed by atoms with Crippen molar-refractivity contribution < 1.29 is 14.3 Å². The van der Waals surface area contributed by atoms with E-state index < -0.39 is 0 Å². The molecule has 25 heavy (non-hydrogen) atoms. The second kappa shape index (κ2) is 7.16. The van der Waals surface area contributed by atoms with Gasteiger partial charge in [0.2, 0.25) is 0 Å². The number of nitrogens with zero attached hydrogens (tertiary/aromatic N) is 1. The van der Waals surface area contributed by atoms with Crippen LogP contribution in [0.5, 0.6) is 5.75 Å². The number of aromatic nitrogens is 1. The fraction of sp³-hybridized carbons (Fsp3) is 0.500. The molecular weight excluding hydrogens is 334 g/mol. The summed E-state index contributed by atoms with van der Waals surface area (Å²) in [5.41, 5.74) is 1.86. The Morgan fingerprint density at radius 1 is 1.24 bits per heavy atom. The summed E-state index contributed by atoms with van der Waals surface area (Å²) in [6, 6.07) is 7.82. The van der Waals surface area contributed by atoms with Gasteiger partial charge in [-0.3, -0.25) is 4.79 Å². The molecule has 2 bridgehead atoms. The molecule has 2 fully saturated rings. The van der Waals surface area contributed by atoms with Gasteiger partial charge < -0.3 is 9.47 Å². The maximum atomic E-state index is 12.1. The zero-order valence-electron chi connectivity index (χ0n) is 14.4. The van der Waals surface area contributed by atoms with Crippen LogP contribution in [0.15, 0.2) is 29.6 Å². The van der Waals surface area contributed by atoms with Crippen molar-refractivity contribution in [1.29, 1.82) is 0 Å². The summed E-state index contributed by atoms with van der Waals surface area (Å²) in [5.74, 6) is 2.94. The van der Waals surface area contributed by atoms with Gasteiger partial charge in [-0.2, -0.15) is 0 Å². The number of thiazole rings is 1. The lowest BCUT2D eigenvalue weighted by atomic mass is 9.86. The second-order valence-corrected chi connectivity index (χ2v) is 8.03. The first-order valence-corrected chi connectivity index (χ1v) is 9.83. The standard InChI is InChI=1S/C20H23NO3S/c1-23-18-6-4-14(5-7-18)20-21-17(12-25-20)11-24-19(22)10-16-9-13-2-3-15(16)8-13/h4-7,12-13,15-16H,2-3,8-11H2,1H3/t13-,15-,16-/m1/s1. The van der Waals surface area contributed by atoms with Gasteiger partial charge in [-0.15, -0.1) is 11.3 Å². The number of esters is 1. The van der Waals surface area contributed by atoms with Crippen molar-refractivity contribution in [2.75, 3.05) is 7.11 Å². The summed E-state index contributed by atoms with van der Waals surface area (Å²) in [7, 11) is 1.65. The first-order chi connectivity index (χ1) is 12.2. The third-order valence-electron chi connectivity index (χ3n) is 5.58. The third kappa shape index (κ3) is 3.71. The molecule has 2 aliphatic rings. The van der Waals surface area contributed by atoms with Gasteiger partial charge >= 0.3 is 5.97 Å². The molecule has 2 aliphatic carbocycles. The van der Waals surface area contributed by atoms with Gasteiger partial charge in [-0.25, -0.2) is 4.98 Å². The van der Waals surface area contributed by atoms with Crippen molar-refractivity contribution in [2.24, 2.45) is 17.8 Å². The zero-order chi connectivity index (χ0) is 17.2. The van der Waals surface area contributed by atoms with Crippen LogP contribution in [0.4, 0.5) is 0 Å². The number of hydrogen-bond acceptors (Lipinski definition) is 5. The average molecular weight is 357 g/mol. The molecule has 5 heteroatoms. The Kier molecular flexibility index (Phi) is 4.75. The molecule has 2 aromatic rings. The van der Waals surface area contributed by atoms with E-state index in [0.717, 1.165) is 33.9 Å². The molecule has 4 rings (SSSR count). The highest BCUT2D eigenvalue weighted by atomic mass is 32.1. The quantitative estimate of drug-likeness (QED) is 0.704. The number of carbonyl (C=O) groups excluding carboxylic acids is 1. The van der Waals surface area contributed by atoms with E-state index in [1.807, 2.05) is 29.6 Å². The fourth-order valence-electron chi connectivity index (χ4n) is 4.29. The minimum absolute atomic E-state index is 0.0726. The largest absolute Gasteiger partial charge is 0.497 e. The van der Waals surface area contributed by atoms with E-state index in [9.17, 15) is 4.79 Å². The van der Waals surface area contributed by atoms with Gasteiger partial charge in [0.15, 0.2) is 0 Å². The number of hydrogen-bond donors (Lipinski definition) is 0. The molecule has 0 spiro atoms. The molecule has 1 heterocycles. The van der Waals surface area contributed by atoms with Crippen molar-refractivity contribution in [3.63, 3.8) is 0 Å². The van der Waals surface area contributed by atoms with Gasteiger partial charge in [0, 0.05) is 17.4 Å². The molecular formula is C20H23NO3S. The maximum absolute atomic E-state index is 12.1. The van der Waals surface area contributed by atoms with Gasteiger partial charge in [-0.1, -0.05) is 6.42 Å². The fourth-order valence-corrected chi connectivity index (χ4v) is 5.10. The molecule has 3 atom stereocenters. The number of methoxy groups -OCH3 is 1. The van der Waals surface area contributed by atoms with E-state index >= 15 is 0 Å². The van der Waals surface area contributed by atoms with E-state index in [0.29, 0.717) is 12.3 Å². The normalized spacial score (nSPS) is 24.4. The highest BCUT2D eigenvalue weighted by molar-refractivity contribution is 7.13. The highest BCUT2D eigenvalue weighted by Crippen LogP contribution is 2.49. The predicted octanol–water partition coefficient (Wildman–Crippen LogP) is 4.69. The maximum Gasteiger partial charge on any atom is 0.306 e. The van der Waals surface area contributed by atoms with Crippen molar-refractivity contribution in [3.8, 4) is 16.3 Å². The Balaban J connectivity index is 1.29. The van der Waals surface area contributed by atoms with Crippen LogP contribution in [0.3, 0.4) is 0 Å². The Morgan fingerprint density at radius 3 is 2.76 bits per heavy atom. The Bertz CT molecular complexity index is 740. The molecule has 4 nitrogen and oxygen atoms in total. The van der Waals surface area contributed by atoms with Gasteiger partial charge in [0.1, 0.15) is 17.4 Å². The molecule has 0 radical (unpaired) electrons. The van der Waals surface area contributed by atoms with E-state index in [1.165, 1.54) is 25.7 Å². The predicted molar refractivity (Wildman–Crippen MR) is 97.5 cm³/mol. The Morgan fingerprint density at radius 2 is 2.08 bits per heavy atom. The summed E-state index contributed by atoms with van der Waals surface area (Å²) >= 11 is 1.57. The number of carbonyl (C=O) groups is 1. The first-order valence-electron chi connectivity index (χ1n) is 8.95. The lowest BCUT2D eigenvalue weighted by molar-refractivity contribution is -0.146. The molecule has 0 unspecified atom stereocenters. The molecule has 132 valence electrons. The second-order valence-electron chi connectivity index (χ2n) is 7.17. The van der Waals surface area contributed by atoms with E-state index in [4.69, 9.17) is 9.47 Å². The Labute approximate surface area is 152 Å². The highest BCUT2D eigenvalue weighted by Gasteiger charge is 2.40. The molecule has 0 amide bonds. The van der Waals surface area contributed by atoms with Crippen LogP contribution >= 0.6 is 11.3 Å². The van der Waals surface area contributed by atoms with E-state index in [1.54, 1.807) is 18.4 Å². The first kappa shape index (κ1) is 16.6. The lowest BCUT2D eigenvalue weighted by Gasteiger charge is -2.20. The summed E-state index contributed by atoms with van der Waals surface area (Å²) in [6.45, 7) is 0.270. The van der Waals surface area contributed by atoms with Gasteiger partial charge in [0.05, 0.1) is 12.8 Å². The molecule has 0 saturated heterocycles. The summed E-state index contributed by atoms with van der Waals surface area (Å²) in [5, 5.41) is 2.89. The van der Waals surface area contributed by atoms with E-state index in [2.05, 4.69) is 4.98 Å². The molecule has 1 aromatic heterocycles. The zero-order valence-corrected chi connectivity index (χ0v) is 15.3. The molecule has 0 aliphatic heterocycles. The smallest absolute Gasteiger partial charge is 0.306 e. The minimum atomic E-state index is -0.0726. The van der Waals surface area contributed by atoms with Crippen LogP contribution in [0.2, 0.25) is 0 Å². The van der Waals surface area contributed by atoms with Gasteiger partial charge in [0.25, 0.3) is 0 Å². The monoisotopic (exact) mass is 357 g/mol. The lowest BCUT2D eigenvalue weighted by Crippen LogP contribution is -2.17. The topological polar surface area (TPSA) is 48.4 Å². The molecule has 2 saturated carbocycles. The third-order valence-corrected chi connectivity index (χ3v) is 6.52. The van der Waals surface area contributed by atoms with Crippen molar-refractivity contribution in [1.82, 2.24) is 4.98 Å². The van der Waals surface area contributed by atoms with Crippen LogP contribution < -0.4 is 4.74 Å².